The fourth-order valence-corrected chi connectivity index (χ4v) is 3.23. The molecule has 1 heterocycles. The quantitative estimate of drug-likeness (QED) is 0.803. The van der Waals surface area contributed by atoms with Gasteiger partial charge in [-0.15, -0.1) is 0 Å². The maximum atomic E-state index is 11.6. The van der Waals surface area contributed by atoms with Crippen LogP contribution in [-0.4, -0.2) is 29.9 Å². The van der Waals surface area contributed by atoms with E-state index in [1.54, 1.807) is 0 Å². The van der Waals surface area contributed by atoms with Gasteiger partial charge in [-0.2, -0.15) is 0 Å². The zero-order valence-electron chi connectivity index (χ0n) is 12.7. The molecule has 1 fully saturated rings. The number of nitrogens with one attached hydrogen (secondary N) is 1. The Bertz CT molecular complexity index is 621. The molecule has 2 unspecified atom stereocenters. The lowest BCUT2D eigenvalue weighted by Crippen LogP contribution is -2.46. The number of hydrogen-bond acceptors (Lipinski definition) is 4. The number of primary amides is 1. The fourth-order valence-electron chi connectivity index (χ4n) is 3.23. The van der Waals surface area contributed by atoms with Gasteiger partial charge in [0.15, 0.2) is 0 Å². The van der Waals surface area contributed by atoms with Crippen molar-refractivity contribution in [3.05, 3.63) is 71.8 Å². The average Bonchev–Trinajstić information content (AvgIpc) is 3.04. The third kappa shape index (κ3) is 3.06. The Hall–Kier alpha value is -2.37. The lowest BCUT2D eigenvalue weighted by Gasteiger charge is -2.35. The van der Waals surface area contributed by atoms with E-state index < -0.39 is 11.7 Å². The summed E-state index contributed by atoms with van der Waals surface area (Å²) in [5.74, 6) is 0. The highest BCUT2D eigenvalue weighted by atomic mass is 16.6. The van der Waals surface area contributed by atoms with E-state index in [1.165, 1.54) is 0 Å². The molecule has 5 heteroatoms. The van der Waals surface area contributed by atoms with E-state index in [1.807, 2.05) is 60.7 Å². The van der Waals surface area contributed by atoms with Crippen molar-refractivity contribution in [1.29, 1.82) is 0 Å². The Morgan fingerprint density at radius 2 is 1.61 bits per heavy atom. The highest BCUT2D eigenvalue weighted by molar-refractivity contribution is 5.64. The SMILES string of the molecule is NC(=O)OC1CNC(C(O)(c2ccccc2)c2ccccc2)C1. The van der Waals surface area contributed by atoms with Gasteiger partial charge in [-0.3, -0.25) is 0 Å². The minimum absolute atomic E-state index is 0.281. The largest absolute Gasteiger partial charge is 0.445 e. The first-order valence-electron chi connectivity index (χ1n) is 7.63. The second-order valence-electron chi connectivity index (χ2n) is 5.75. The Labute approximate surface area is 135 Å². The number of benzene rings is 2. The Balaban J connectivity index is 1.96. The molecule has 1 amide bonds. The van der Waals surface area contributed by atoms with Gasteiger partial charge in [-0.25, -0.2) is 4.79 Å². The molecule has 120 valence electrons. The number of ether oxygens (including phenoxy) is 1. The van der Waals surface area contributed by atoms with Crippen LogP contribution in [0.25, 0.3) is 0 Å². The van der Waals surface area contributed by atoms with Gasteiger partial charge in [-0.05, 0) is 11.1 Å². The highest BCUT2D eigenvalue weighted by Crippen LogP contribution is 2.36. The molecule has 2 aromatic rings. The minimum Gasteiger partial charge on any atom is -0.445 e. The predicted molar refractivity (Wildman–Crippen MR) is 86.7 cm³/mol. The summed E-state index contributed by atoms with van der Waals surface area (Å²) >= 11 is 0. The molecule has 1 saturated heterocycles. The molecule has 1 aliphatic rings. The molecule has 0 aromatic heterocycles. The summed E-state index contributed by atoms with van der Waals surface area (Å²) < 4.78 is 5.07. The van der Waals surface area contributed by atoms with E-state index in [-0.39, 0.29) is 12.1 Å². The van der Waals surface area contributed by atoms with E-state index in [2.05, 4.69) is 5.32 Å². The summed E-state index contributed by atoms with van der Waals surface area (Å²) in [4.78, 5) is 11.0. The molecular weight excluding hydrogens is 292 g/mol. The molecule has 2 aromatic carbocycles. The molecule has 5 nitrogen and oxygen atoms in total. The van der Waals surface area contributed by atoms with Gasteiger partial charge in [0.1, 0.15) is 11.7 Å². The minimum atomic E-state index is -1.21. The third-order valence-corrected chi connectivity index (χ3v) is 4.31. The van der Waals surface area contributed by atoms with Crippen LogP contribution in [0.15, 0.2) is 60.7 Å². The first-order chi connectivity index (χ1) is 11.1. The van der Waals surface area contributed by atoms with Gasteiger partial charge in [0.25, 0.3) is 0 Å². The average molecular weight is 312 g/mol. The molecule has 4 N–H and O–H groups in total. The van der Waals surface area contributed by atoms with Crippen LogP contribution >= 0.6 is 0 Å². The number of hydrogen-bond donors (Lipinski definition) is 3. The molecule has 0 spiro atoms. The first-order valence-corrected chi connectivity index (χ1v) is 7.63. The van der Waals surface area contributed by atoms with Gasteiger partial charge < -0.3 is 20.9 Å². The third-order valence-electron chi connectivity index (χ3n) is 4.31. The fraction of sp³-hybridized carbons (Fsp3) is 0.278. The molecule has 2 atom stereocenters. The summed E-state index contributed by atoms with van der Waals surface area (Å²) in [7, 11) is 0. The Morgan fingerprint density at radius 3 is 2.09 bits per heavy atom. The molecule has 23 heavy (non-hydrogen) atoms. The maximum absolute atomic E-state index is 11.6. The number of nitrogens with two attached hydrogens (primary N) is 1. The van der Waals surface area contributed by atoms with Crippen LogP contribution in [-0.2, 0) is 10.3 Å². The number of carbonyl (C=O) groups excluding carboxylic acids is 1. The molecule has 0 aliphatic carbocycles. The summed E-state index contributed by atoms with van der Waals surface area (Å²) in [6.45, 7) is 0.468. The zero-order chi connectivity index (χ0) is 16.3. The topological polar surface area (TPSA) is 84.6 Å². The first kappa shape index (κ1) is 15.5. The molecule has 0 bridgehead atoms. The summed E-state index contributed by atoms with van der Waals surface area (Å²) in [6, 6.07) is 18.7. The summed E-state index contributed by atoms with van der Waals surface area (Å²) in [5.41, 5.74) is 5.48. The van der Waals surface area contributed by atoms with Crippen molar-refractivity contribution in [3.8, 4) is 0 Å². The number of rotatable bonds is 4. The molecule has 0 saturated carbocycles. The van der Waals surface area contributed by atoms with Crippen molar-refractivity contribution in [3.63, 3.8) is 0 Å². The van der Waals surface area contributed by atoms with E-state index in [9.17, 15) is 9.90 Å². The van der Waals surface area contributed by atoms with Gasteiger partial charge in [0.05, 0.1) is 0 Å². The predicted octanol–water partition coefficient (Wildman–Crippen LogP) is 1.75. The smallest absolute Gasteiger partial charge is 0.404 e. The number of aliphatic hydroxyl groups is 1. The lowest BCUT2D eigenvalue weighted by atomic mass is 9.79. The van der Waals surface area contributed by atoms with Crippen LogP contribution in [0.5, 0.6) is 0 Å². The van der Waals surface area contributed by atoms with Gasteiger partial charge in [0.2, 0.25) is 0 Å². The van der Waals surface area contributed by atoms with E-state index in [0.717, 1.165) is 11.1 Å². The monoisotopic (exact) mass is 312 g/mol. The second kappa shape index (κ2) is 6.40. The Morgan fingerprint density at radius 1 is 1.09 bits per heavy atom. The van der Waals surface area contributed by atoms with Gasteiger partial charge in [-0.1, -0.05) is 60.7 Å². The normalized spacial score (nSPS) is 21.1. The van der Waals surface area contributed by atoms with Crippen molar-refractivity contribution in [1.82, 2.24) is 5.32 Å². The summed E-state index contributed by atoms with van der Waals surface area (Å²) in [6.07, 6.45) is -0.639. The van der Waals surface area contributed by atoms with Crippen LogP contribution in [0.2, 0.25) is 0 Å². The lowest BCUT2D eigenvalue weighted by molar-refractivity contribution is 0.0378. The highest BCUT2D eigenvalue weighted by Gasteiger charge is 2.44. The standard InChI is InChI=1S/C18H20N2O3/c19-17(21)23-15-11-16(20-12-15)18(22,13-7-3-1-4-8-13)14-9-5-2-6-10-14/h1-10,15-16,20,22H,11-12H2,(H2,19,21). The van der Waals surface area contributed by atoms with Crippen molar-refractivity contribution < 1.29 is 14.6 Å². The summed E-state index contributed by atoms with van der Waals surface area (Å²) in [5, 5.41) is 14.8. The molecule has 3 rings (SSSR count). The molecule has 0 radical (unpaired) electrons. The van der Waals surface area contributed by atoms with Crippen LogP contribution in [0, 0.1) is 0 Å². The second-order valence-corrected chi connectivity index (χ2v) is 5.75. The molecule has 1 aliphatic heterocycles. The zero-order valence-corrected chi connectivity index (χ0v) is 12.7. The van der Waals surface area contributed by atoms with Crippen LogP contribution < -0.4 is 11.1 Å². The maximum Gasteiger partial charge on any atom is 0.404 e. The van der Waals surface area contributed by atoms with Gasteiger partial charge >= 0.3 is 6.09 Å². The van der Waals surface area contributed by atoms with Crippen molar-refractivity contribution >= 4 is 6.09 Å². The molecular formula is C18H20N2O3. The van der Waals surface area contributed by atoms with E-state index in [4.69, 9.17) is 10.5 Å². The van der Waals surface area contributed by atoms with Gasteiger partial charge in [0, 0.05) is 19.0 Å². The number of carbonyl (C=O) groups is 1. The van der Waals surface area contributed by atoms with Crippen molar-refractivity contribution in [2.45, 2.75) is 24.2 Å². The van der Waals surface area contributed by atoms with Crippen molar-refractivity contribution in [2.24, 2.45) is 5.73 Å². The van der Waals surface area contributed by atoms with Crippen LogP contribution in [0.3, 0.4) is 0 Å². The van der Waals surface area contributed by atoms with Crippen LogP contribution in [0.4, 0.5) is 4.79 Å². The Kier molecular flexibility index (Phi) is 4.32. The van der Waals surface area contributed by atoms with E-state index >= 15 is 0 Å². The number of amides is 1. The van der Waals surface area contributed by atoms with Crippen LogP contribution in [0.1, 0.15) is 17.5 Å². The van der Waals surface area contributed by atoms with E-state index in [0.29, 0.717) is 13.0 Å². The van der Waals surface area contributed by atoms with Crippen molar-refractivity contribution in [2.75, 3.05) is 6.54 Å².